The molecule has 3 N–H and O–H groups in total. The number of aromatic amines is 1. The second-order valence-corrected chi connectivity index (χ2v) is 7.92. The van der Waals surface area contributed by atoms with E-state index in [1.54, 1.807) is 33.7 Å². The number of nitrogens with zero attached hydrogens (tertiary/aromatic N) is 2. The highest BCUT2D eigenvalue weighted by atomic mass is 35.5. The molecule has 0 bridgehead atoms. The molecule has 30 heavy (non-hydrogen) atoms. The summed E-state index contributed by atoms with van der Waals surface area (Å²) in [6.07, 6.45) is 1.46. The van der Waals surface area contributed by atoms with Crippen molar-refractivity contribution in [3.8, 4) is 0 Å². The van der Waals surface area contributed by atoms with Gasteiger partial charge in [-0.2, -0.15) is 0 Å². The Morgan fingerprint density at radius 3 is 2.77 bits per heavy atom. The third-order valence-corrected chi connectivity index (χ3v) is 5.61. The summed E-state index contributed by atoms with van der Waals surface area (Å²) in [5, 5.41) is 0.241. The third-order valence-electron chi connectivity index (χ3n) is 5.39. The quantitative estimate of drug-likeness (QED) is 0.665. The lowest BCUT2D eigenvalue weighted by Gasteiger charge is -2.33. The molecule has 1 saturated heterocycles. The molecule has 0 radical (unpaired) electrons. The highest BCUT2D eigenvalue weighted by molar-refractivity contribution is 6.30. The van der Waals surface area contributed by atoms with E-state index < -0.39 is 11.7 Å². The van der Waals surface area contributed by atoms with Crippen LogP contribution in [0.1, 0.15) is 34.8 Å². The number of halogens is 2. The van der Waals surface area contributed by atoms with E-state index in [0.29, 0.717) is 41.7 Å². The average Bonchev–Trinajstić information content (AvgIpc) is 3.02. The van der Waals surface area contributed by atoms with Gasteiger partial charge in [-0.25, -0.2) is 9.18 Å². The fourth-order valence-corrected chi connectivity index (χ4v) is 4.27. The highest BCUT2D eigenvalue weighted by Gasteiger charge is 2.27. The summed E-state index contributed by atoms with van der Waals surface area (Å²) in [4.78, 5) is 41.4. The Balaban J connectivity index is 1.59. The van der Waals surface area contributed by atoms with Gasteiger partial charge in [-0.1, -0.05) is 11.6 Å². The van der Waals surface area contributed by atoms with Crippen molar-refractivity contribution in [3.63, 3.8) is 0 Å². The average molecular weight is 431 g/mol. The number of nitrogens with two attached hydrogens (primary N) is 1. The Kier molecular flexibility index (Phi) is 5.34. The molecule has 0 spiro atoms. The minimum absolute atomic E-state index is 0.0266. The molecule has 156 valence electrons. The maximum absolute atomic E-state index is 13.6. The Morgan fingerprint density at radius 1 is 1.23 bits per heavy atom. The molecule has 1 aromatic heterocycles. The van der Waals surface area contributed by atoms with E-state index in [4.69, 9.17) is 17.3 Å². The fourth-order valence-electron chi connectivity index (χ4n) is 4.03. The highest BCUT2D eigenvalue weighted by Crippen LogP contribution is 2.25. The number of fused-ring (bicyclic) bond motifs is 1. The second-order valence-electron chi connectivity index (χ2n) is 7.49. The van der Waals surface area contributed by atoms with E-state index >= 15 is 0 Å². The molecule has 7 nitrogen and oxygen atoms in total. The Labute approximate surface area is 176 Å². The third kappa shape index (κ3) is 3.95. The molecule has 9 heteroatoms. The fraction of sp³-hybridized carbons (Fsp3) is 0.286. The number of amides is 2. The van der Waals surface area contributed by atoms with Crippen molar-refractivity contribution in [3.05, 3.63) is 68.8 Å². The van der Waals surface area contributed by atoms with E-state index in [0.717, 1.165) is 6.42 Å². The number of hydrogen-bond acceptors (Lipinski definition) is 3. The first-order valence-electron chi connectivity index (χ1n) is 9.58. The molecule has 2 amide bonds. The number of piperidine rings is 1. The molecule has 1 aliphatic heterocycles. The van der Waals surface area contributed by atoms with Gasteiger partial charge in [-0.3, -0.25) is 14.2 Å². The molecule has 0 unspecified atom stereocenters. The lowest BCUT2D eigenvalue weighted by Crippen LogP contribution is -2.43. The predicted molar refractivity (Wildman–Crippen MR) is 111 cm³/mol. The number of hydrogen-bond donors (Lipinski definition) is 2. The van der Waals surface area contributed by atoms with Gasteiger partial charge in [0.25, 0.3) is 0 Å². The van der Waals surface area contributed by atoms with Crippen LogP contribution in [-0.2, 0) is 11.2 Å². The number of aromatic nitrogens is 2. The molecule has 1 aliphatic rings. The van der Waals surface area contributed by atoms with E-state index in [9.17, 15) is 18.8 Å². The zero-order valence-electron chi connectivity index (χ0n) is 16.0. The Hall–Kier alpha value is -3.13. The van der Waals surface area contributed by atoms with Gasteiger partial charge in [0.15, 0.2) is 0 Å². The van der Waals surface area contributed by atoms with Gasteiger partial charge in [0, 0.05) is 23.7 Å². The monoisotopic (exact) mass is 430 g/mol. The number of rotatable bonds is 4. The van der Waals surface area contributed by atoms with Crippen molar-refractivity contribution >= 4 is 34.4 Å². The maximum Gasteiger partial charge on any atom is 0.326 e. The van der Waals surface area contributed by atoms with Crippen LogP contribution >= 0.6 is 11.6 Å². The summed E-state index contributed by atoms with van der Waals surface area (Å²) in [5.74, 6) is -1.23. The molecule has 1 fully saturated rings. The largest absolute Gasteiger partial charge is 0.366 e. The SMILES string of the molecule is NC(=O)c1ccc2[nH]c(=O)n([C@H]3CCCN(C(=O)Cc4cc(F)cc(Cl)c4)C3)c2c1. The molecule has 0 saturated carbocycles. The van der Waals surface area contributed by atoms with Crippen LogP contribution in [0.3, 0.4) is 0 Å². The van der Waals surface area contributed by atoms with Gasteiger partial charge in [-0.15, -0.1) is 0 Å². The number of likely N-dealkylation sites (tertiary alicyclic amines) is 1. The molecule has 2 aromatic carbocycles. The first kappa shape index (κ1) is 20.2. The van der Waals surface area contributed by atoms with Crippen molar-refractivity contribution < 1.29 is 14.0 Å². The molecule has 0 aliphatic carbocycles. The van der Waals surface area contributed by atoms with Crippen LogP contribution in [0.4, 0.5) is 4.39 Å². The first-order valence-corrected chi connectivity index (χ1v) is 9.96. The van der Waals surface area contributed by atoms with Gasteiger partial charge >= 0.3 is 5.69 Å². The van der Waals surface area contributed by atoms with Gasteiger partial charge in [0.05, 0.1) is 23.5 Å². The maximum atomic E-state index is 13.6. The molecule has 3 aromatic rings. The van der Waals surface area contributed by atoms with Crippen molar-refractivity contribution in [1.29, 1.82) is 0 Å². The van der Waals surface area contributed by atoms with E-state index in [1.807, 2.05) is 0 Å². The number of carbonyl (C=O) groups is 2. The smallest absolute Gasteiger partial charge is 0.326 e. The van der Waals surface area contributed by atoms with Gasteiger partial charge in [0.2, 0.25) is 11.8 Å². The summed E-state index contributed by atoms with van der Waals surface area (Å²) in [6.45, 7) is 0.900. The Morgan fingerprint density at radius 2 is 2.03 bits per heavy atom. The lowest BCUT2D eigenvalue weighted by molar-refractivity contribution is -0.132. The van der Waals surface area contributed by atoms with Crippen LogP contribution in [0, 0.1) is 5.82 Å². The predicted octanol–water partition coefficient (Wildman–Crippen LogP) is 2.63. The number of imidazole rings is 1. The van der Waals surface area contributed by atoms with Crippen molar-refractivity contribution in [1.82, 2.24) is 14.5 Å². The molecular formula is C21H20ClFN4O3. The number of benzene rings is 2. The van der Waals surface area contributed by atoms with E-state index in [2.05, 4.69) is 4.98 Å². The van der Waals surface area contributed by atoms with Gasteiger partial charge in [0.1, 0.15) is 5.82 Å². The minimum Gasteiger partial charge on any atom is -0.366 e. The number of primary amides is 1. The minimum atomic E-state index is -0.577. The van der Waals surface area contributed by atoms with E-state index in [-0.39, 0.29) is 29.1 Å². The van der Waals surface area contributed by atoms with Crippen molar-refractivity contribution in [2.75, 3.05) is 13.1 Å². The van der Waals surface area contributed by atoms with Gasteiger partial charge in [-0.05, 0) is 54.8 Å². The normalized spacial score (nSPS) is 16.7. The zero-order valence-corrected chi connectivity index (χ0v) is 16.8. The summed E-state index contributed by atoms with van der Waals surface area (Å²) < 4.78 is 15.2. The number of nitrogens with one attached hydrogen (secondary N) is 1. The standard InChI is InChI=1S/C21H20ClFN4O3/c22-14-6-12(7-15(23)10-14)8-19(28)26-5-1-2-16(11-26)27-18-9-13(20(24)29)3-4-17(18)25-21(27)30/h3-4,6-7,9-10,16H,1-2,5,8,11H2,(H2,24,29)(H,25,30)/t16-/m0/s1. The van der Waals surface area contributed by atoms with Crippen LogP contribution in [0.5, 0.6) is 0 Å². The zero-order chi connectivity index (χ0) is 21.4. The summed E-state index contributed by atoms with van der Waals surface area (Å²) in [7, 11) is 0. The lowest BCUT2D eigenvalue weighted by atomic mass is 10.0. The first-order chi connectivity index (χ1) is 14.3. The Bertz CT molecular complexity index is 1180. The molecule has 4 rings (SSSR count). The molecular weight excluding hydrogens is 411 g/mol. The summed E-state index contributed by atoms with van der Waals surface area (Å²) in [6, 6.07) is 8.60. The van der Waals surface area contributed by atoms with Crippen LogP contribution < -0.4 is 11.4 Å². The second kappa shape index (κ2) is 7.95. The van der Waals surface area contributed by atoms with Gasteiger partial charge < -0.3 is 15.6 Å². The topological polar surface area (TPSA) is 101 Å². The summed E-state index contributed by atoms with van der Waals surface area (Å²) >= 11 is 5.88. The molecule has 1 atom stereocenters. The van der Waals surface area contributed by atoms with Crippen molar-refractivity contribution in [2.45, 2.75) is 25.3 Å². The number of carbonyl (C=O) groups excluding carboxylic acids is 2. The van der Waals surface area contributed by atoms with Crippen LogP contribution in [-0.4, -0.2) is 39.4 Å². The van der Waals surface area contributed by atoms with Crippen molar-refractivity contribution in [2.24, 2.45) is 5.73 Å². The van der Waals surface area contributed by atoms with Crippen LogP contribution in [0.25, 0.3) is 11.0 Å². The summed E-state index contributed by atoms with van der Waals surface area (Å²) in [5.41, 5.74) is 7.05. The molecule has 2 heterocycles. The number of H-pyrrole nitrogens is 1. The van der Waals surface area contributed by atoms with Crippen LogP contribution in [0.15, 0.2) is 41.2 Å². The van der Waals surface area contributed by atoms with E-state index in [1.165, 1.54) is 12.1 Å². The van der Waals surface area contributed by atoms with Crippen LogP contribution in [0.2, 0.25) is 5.02 Å².